The number of esters is 1. The highest BCUT2D eigenvalue weighted by molar-refractivity contribution is 6.32. The average Bonchev–Trinajstić information content (AvgIpc) is 2.73. The van der Waals surface area contributed by atoms with Gasteiger partial charge in [-0.1, -0.05) is 35.9 Å². The smallest absolute Gasteiger partial charge is 0.338 e. The Hall–Kier alpha value is -2.73. The summed E-state index contributed by atoms with van der Waals surface area (Å²) in [6, 6.07) is 10.9. The highest BCUT2D eigenvalue weighted by atomic mass is 35.5. The molecule has 0 bridgehead atoms. The van der Waals surface area contributed by atoms with E-state index in [9.17, 15) is 9.59 Å². The summed E-state index contributed by atoms with van der Waals surface area (Å²) >= 11 is 6.25. The number of hydrogen-bond donors (Lipinski definition) is 1. The second-order valence-corrected chi connectivity index (χ2v) is 7.85. The van der Waals surface area contributed by atoms with Crippen molar-refractivity contribution in [3.63, 3.8) is 0 Å². The molecule has 1 aliphatic carbocycles. The minimum Gasteiger partial charge on any atom is -0.493 e. The lowest BCUT2D eigenvalue weighted by atomic mass is 9.88. The maximum atomic E-state index is 12.4. The predicted molar refractivity (Wildman–Crippen MR) is 114 cm³/mol. The number of amides is 1. The van der Waals surface area contributed by atoms with E-state index in [1.165, 1.54) is 24.8 Å². The zero-order valence-electron chi connectivity index (χ0n) is 17.4. The number of methoxy groups -OCH3 is 1. The summed E-state index contributed by atoms with van der Waals surface area (Å²) in [6.07, 6.45) is 2.77. The largest absolute Gasteiger partial charge is 0.493 e. The lowest BCUT2D eigenvalue weighted by Crippen LogP contribution is -2.34. The van der Waals surface area contributed by atoms with Gasteiger partial charge in [-0.25, -0.2) is 4.79 Å². The van der Waals surface area contributed by atoms with Crippen molar-refractivity contribution in [1.29, 1.82) is 0 Å². The number of benzene rings is 2. The molecule has 0 saturated carbocycles. The van der Waals surface area contributed by atoms with Crippen molar-refractivity contribution in [2.75, 3.05) is 13.7 Å². The lowest BCUT2D eigenvalue weighted by molar-refractivity contribution is -0.125. The Bertz CT molecular complexity index is 928. The molecule has 2 aromatic rings. The fraction of sp³-hybridized carbons (Fsp3) is 0.391. The van der Waals surface area contributed by atoms with E-state index in [2.05, 4.69) is 11.4 Å². The summed E-state index contributed by atoms with van der Waals surface area (Å²) in [5.74, 6) is -0.320. The third-order valence-corrected chi connectivity index (χ3v) is 5.14. The Kier molecular flexibility index (Phi) is 7.21. The van der Waals surface area contributed by atoms with Gasteiger partial charge in [0.25, 0.3) is 5.91 Å². The molecule has 0 radical (unpaired) electrons. The van der Waals surface area contributed by atoms with E-state index in [1.54, 1.807) is 0 Å². The molecular formula is C23H26ClNO5. The van der Waals surface area contributed by atoms with Crippen LogP contribution in [-0.2, 0) is 16.0 Å². The summed E-state index contributed by atoms with van der Waals surface area (Å²) in [5.41, 5.74) is 2.56. The molecule has 7 heteroatoms. The first-order chi connectivity index (χ1) is 14.4. The van der Waals surface area contributed by atoms with E-state index in [-0.39, 0.29) is 35.2 Å². The number of hydrogen-bond acceptors (Lipinski definition) is 5. The van der Waals surface area contributed by atoms with Crippen LogP contribution in [-0.4, -0.2) is 31.7 Å². The first-order valence-electron chi connectivity index (χ1n) is 9.97. The number of aryl methyl sites for hydroxylation is 1. The van der Waals surface area contributed by atoms with E-state index < -0.39 is 5.97 Å². The van der Waals surface area contributed by atoms with Gasteiger partial charge < -0.3 is 19.5 Å². The predicted octanol–water partition coefficient (Wildman–Crippen LogP) is 4.49. The fourth-order valence-electron chi connectivity index (χ4n) is 3.54. The van der Waals surface area contributed by atoms with Crippen molar-refractivity contribution >= 4 is 23.5 Å². The molecule has 1 N–H and O–H groups in total. The zero-order chi connectivity index (χ0) is 21.7. The van der Waals surface area contributed by atoms with Gasteiger partial charge in [0.1, 0.15) is 0 Å². The highest BCUT2D eigenvalue weighted by Crippen LogP contribution is 2.37. The van der Waals surface area contributed by atoms with Crippen LogP contribution < -0.4 is 14.8 Å². The molecule has 1 atom stereocenters. The van der Waals surface area contributed by atoms with Crippen LogP contribution in [0.1, 0.15) is 54.2 Å². The summed E-state index contributed by atoms with van der Waals surface area (Å²) in [7, 11) is 1.46. The third kappa shape index (κ3) is 5.25. The fourth-order valence-corrected chi connectivity index (χ4v) is 3.80. The van der Waals surface area contributed by atoms with Gasteiger partial charge >= 0.3 is 5.97 Å². The molecule has 30 heavy (non-hydrogen) atoms. The first-order valence-corrected chi connectivity index (χ1v) is 10.3. The Balaban J connectivity index is 1.62. The number of ether oxygens (including phenoxy) is 3. The number of fused-ring (bicyclic) bond motifs is 1. The second-order valence-electron chi connectivity index (χ2n) is 7.44. The summed E-state index contributed by atoms with van der Waals surface area (Å²) < 4.78 is 16.1. The van der Waals surface area contributed by atoms with E-state index in [4.69, 9.17) is 25.8 Å². The minimum absolute atomic E-state index is 0.0665. The molecule has 0 saturated heterocycles. The second kappa shape index (κ2) is 9.85. The quantitative estimate of drug-likeness (QED) is 0.654. The van der Waals surface area contributed by atoms with Crippen LogP contribution in [0, 0.1) is 0 Å². The van der Waals surface area contributed by atoms with Gasteiger partial charge in [0.2, 0.25) is 0 Å². The van der Waals surface area contributed by atoms with Crippen molar-refractivity contribution in [2.45, 2.75) is 45.3 Å². The van der Waals surface area contributed by atoms with Gasteiger partial charge in [0.15, 0.2) is 18.1 Å². The molecule has 1 aliphatic rings. The Morgan fingerprint density at radius 3 is 2.73 bits per heavy atom. The van der Waals surface area contributed by atoms with Crippen molar-refractivity contribution in [3.05, 3.63) is 58.1 Å². The molecule has 160 valence electrons. The number of halogens is 1. The van der Waals surface area contributed by atoms with Gasteiger partial charge in [-0.3, -0.25) is 4.79 Å². The molecule has 0 fully saturated rings. The number of carbonyl (C=O) groups excluding carboxylic acids is 2. The molecule has 1 unspecified atom stereocenters. The van der Waals surface area contributed by atoms with E-state index in [0.717, 1.165) is 24.8 Å². The van der Waals surface area contributed by atoms with Gasteiger partial charge in [-0.05, 0) is 56.4 Å². The summed E-state index contributed by atoms with van der Waals surface area (Å²) in [5, 5.41) is 3.19. The molecule has 6 nitrogen and oxygen atoms in total. The number of carbonyl (C=O) groups is 2. The van der Waals surface area contributed by atoms with Crippen LogP contribution in [0.5, 0.6) is 11.5 Å². The number of nitrogens with one attached hydrogen (secondary N) is 1. The van der Waals surface area contributed by atoms with E-state index in [1.807, 2.05) is 32.0 Å². The lowest BCUT2D eigenvalue weighted by Gasteiger charge is -2.26. The van der Waals surface area contributed by atoms with Crippen LogP contribution in [0.4, 0.5) is 0 Å². The van der Waals surface area contributed by atoms with Crippen LogP contribution in [0.3, 0.4) is 0 Å². The summed E-state index contributed by atoms with van der Waals surface area (Å²) in [4.78, 5) is 24.8. The van der Waals surface area contributed by atoms with Gasteiger partial charge in [0.05, 0.1) is 29.8 Å². The first kappa shape index (κ1) is 22.0. The van der Waals surface area contributed by atoms with Crippen molar-refractivity contribution in [1.82, 2.24) is 5.32 Å². The molecule has 3 rings (SSSR count). The average molecular weight is 432 g/mol. The Morgan fingerprint density at radius 1 is 1.23 bits per heavy atom. The molecule has 2 aromatic carbocycles. The van der Waals surface area contributed by atoms with Crippen LogP contribution in [0.2, 0.25) is 5.02 Å². The monoisotopic (exact) mass is 431 g/mol. The van der Waals surface area contributed by atoms with Crippen molar-refractivity contribution in [3.8, 4) is 11.5 Å². The van der Waals surface area contributed by atoms with Gasteiger partial charge in [-0.2, -0.15) is 0 Å². The third-order valence-electron chi connectivity index (χ3n) is 4.86. The zero-order valence-corrected chi connectivity index (χ0v) is 18.1. The Morgan fingerprint density at radius 2 is 2.00 bits per heavy atom. The normalized spacial score (nSPS) is 15.3. The molecule has 0 aromatic heterocycles. The number of rotatable bonds is 7. The highest BCUT2D eigenvalue weighted by Gasteiger charge is 2.23. The van der Waals surface area contributed by atoms with Gasteiger partial charge in [-0.15, -0.1) is 0 Å². The van der Waals surface area contributed by atoms with Crippen molar-refractivity contribution in [2.24, 2.45) is 0 Å². The topological polar surface area (TPSA) is 73.9 Å². The SMILES string of the molecule is COc1cc(C(=O)OCC(=O)NC2CCCc3ccccc32)cc(Cl)c1OC(C)C. The maximum Gasteiger partial charge on any atom is 0.338 e. The van der Waals surface area contributed by atoms with Crippen molar-refractivity contribution < 1.29 is 23.8 Å². The maximum absolute atomic E-state index is 12.4. The molecular weight excluding hydrogens is 406 g/mol. The Labute approximate surface area is 181 Å². The van der Waals surface area contributed by atoms with E-state index >= 15 is 0 Å². The molecule has 1 amide bonds. The van der Waals surface area contributed by atoms with Gasteiger partial charge in [0, 0.05) is 0 Å². The molecule has 0 spiro atoms. The minimum atomic E-state index is -0.662. The van der Waals surface area contributed by atoms with Crippen LogP contribution in [0.25, 0.3) is 0 Å². The van der Waals surface area contributed by atoms with Crippen LogP contribution >= 0.6 is 11.6 Å². The van der Waals surface area contributed by atoms with E-state index in [0.29, 0.717) is 11.5 Å². The summed E-state index contributed by atoms with van der Waals surface area (Å²) in [6.45, 7) is 3.35. The standard InChI is InChI=1S/C23H26ClNO5/c1-14(2)30-22-18(24)11-16(12-20(22)28-3)23(27)29-13-21(26)25-19-10-6-8-15-7-4-5-9-17(15)19/h4-5,7,9,11-12,14,19H,6,8,10,13H2,1-3H3,(H,25,26). The van der Waals surface area contributed by atoms with Crippen LogP contribution in [0.15, 0.2) is 36.4 Å². The molecule has 0 aliphatic heterocycles. The molecule has 0 heterocycles.